The van der Waals surface area contributed by atoms with Crippen LogP contribution in [0.25, 0.3) is 0 Å². The third-order valence-electron chi connectivity index (χ3n) is 3.63. The fraction of sp³-hybridized carbons (Fsp3) is 0.333. The van der Waals surface area contributed by atoms with Crippen molar-refractivity contribution in [3.8, 4) is 0 Å². The van der Waals surface area contributed by atoms with E-state index in [-0.39, 0.29) is 8.41 Å². The first kappa shape index (κ1) is 17.9. The Balaban J connectivity index is 0.00000220. The molecule has 0 heterocycles. The van der Waals surface area contributed by atoms with Gasteiger partial charge >= 0.3 is 0 Å². The molecule has 109 valence electrons. The van der Waals surface area contributed by atoms with E-state index in [1.165, 1.54) is 22.6 Å². The van der Waals surface area contributed by atoms with Crippen LogP contribution in [-0.4, -0.2) is 15.5 Å². The lowest BCUT2D eigenvalue weighted by Gasteiger charge is -2.16. The molecule has 21 heavy (non-hydrogen) atoms. The SMILES string of the molecule is CC[C@@H](C)Cc1ccc(P(OC)c2ccccc2)cc1.[B]. The smallest absolute Gasteiger partial charge is 0.0913 e. The van der Waals surface area contributed by atoms with E-state index in [1.54, 1.807) is 7.11 Å². The van der Waals surface area contributed by atoms with Crippen molar-refractivity contribution in [1.29, 1.82) is 0 Å². The summed E-state index contributed by atoms with van der Waals surface area (Å²) in [6, 6.07) is 19.4. The topological polar surface area (TPSA) is 9.23 Å². The Bertz CT molecular complexity index is 513. The molecule has 0 fully saturated rings. The third kappa shape index (κ3) is 4.98. The van der Waals surface area contributed by atoms with Gasteiger partial charge in [-0.3, -0.25) is 0 Å². The lowest BCUT2D eigenvalue weighted by molar-refractivity contribution is 0.474. The van der Waals surface area contributed by atoms with Crippen LogP contribution in [0.3, 0.4) is 0 Å². The van der Waals surface area contributed by atoms with Crippen molar-refractivity contribution in [3.63, 3.8) is 0 Å². The zero-order valence-corrected chi connectivity index (χ0v) is 14.0. The molecular formula is C18H23BOP. The quantitative estimate of drug-likeness (QED) is 0.580. The molecule has 1 unspecified atom stereocenters. The predicted octanol–water partition coefficient (Wildman–Crippen LogP) is 3.89. The average Bonchev–Trinajstić information content (AvgIpc) is 2.50. The van der Waals surface area contributed by atoms with Gasteiger partial charge in [-0.25, -0.2) is 0 Å². The second-order valence-corrected chi connectivity index (χ2v) is 7.18. The molecule has 3 heteroatoms. The Kier molecular flexibility index (Phi) is 7.71. The maximum atomic E-state index is 5.73. The van der Waals surface area contributed by atoms with Crippen LogP contribution in [0.4, 0.5) is 0 Å². The van der Waals surface area contributed by atoms with Gasteiger partial charge in [0.05, 0.1) is 8.15 Å². The van der Waals surface area contributed by atoms with Gasteiger partial charge in [-0.2, -0.15) is 0 Å². The second-order valence-electron chi connectivity index (χ2n) is 5.20. The van der Waals surface area contributed by atoms with Crippen molar-refractivity contribution in [1.82, 2.24) is 0 Å². The minimum Gasteiger partial charge on any atom is -0.353 e. The third-order valence-corrected chi connectivity index (χ3v) is 5.52. The lowest BCUT2D eigenvalue weighted by atomic mass is 9.99. The molecule has 0 aliphatic heterocycles. The normalized spacial score (nSPS) is 13.3. The van der Waals surface area contributed by atoms with Gasteiger partial charge in [0.2, 0.25) is 0 Å². The Morgan fingerprint density at radius 1 is 0.952 bits per heavy atom. The zero-order valence-electron chi connectivity index (χ0n) is 13.1. The monoisotopic (exact) mass is 297 g/mol. The van der Waals surface area contributed by atoms with Crippen molar-refractivity contribution < 1.29 is 4.52 Å². The average molecular weight is 297 g/mol. The Morgan fingerprint density at radius 3 is 2.05 bits per heavy atom. The molecule has 0 aromatic heterocycles. The Morgan fingerprint density at radius 2 is 1.52 bits per heavy atom. The van der Waals surface area contributed by atoms with E-state index in [0.29, 0.717) is 0 Å². The minimum absolute atomic E-state index is 0. The molecule has 1 nitrogen and oxygen atoms in total. The van der Waals surface area contributed by atoms with Gasteiger partial charge in [-0.05, 0) is 17.9 Å². The molecule has 0 aliphatic rings. The highest BCUT2D eigenvalue weighted by Crippen LogP contribution is 2.33. The first-order valence-electron chi connectivity index (χ1n) is 7.22. The van der Waals surface area contributed by atoms with Gasteiger partial charge in [0, 0.05) is 26.1 Å². The fourth-order valence-electron chi connectivity index (χ4n) is 2.24. The molecule has 0 bridgehead atoms. The Hall–Kier alpha value is -1.11. The summed E-state index contributed by atoms with van der Waals surface area (Å²) in [7, 11) is 1.11. The number of hydrogen-bond donors (Lipinski definition) is 0. The van der Waals surface area contributed by atoms with E-state index in [0.717, 1.165) is 12.3 Å². The van der Waals surface area contributed by atoms with Crippen molar-refractivity contribution in [2.24, 2.45) is 5.92 Å². The molecular weight excluding hydrogens is 274 g/mol. The molecule has 2 aromatic rings. The maximum absolute atomic E-state index is 5.73. The molecule has 0 N–H and O–H groups in total. The summed E-state index contributed by atoms with van der Waals surface area (Å²) >= 11 is 0. The summed E-state index contributed by atoms with van der Waals surface area (Å²) in [6.07, 6.45) is 2.39. The van der Waals surface area contributed by atoms with Crippen LogP contribution in [0.15, 0.2) is 54.6 Å². The van der Waals surface area contributed by atoms with E-state index in [1.807, 2.05) is 6.07 Å². The van der Waals surface area contributed by atoms with Crippen LogP contribution in [0.1, 0.15) is 25.8 Å². The van der Waals surface area contributed by atoms with E-state index in [2.05, 4.69) is 62.4 Å². The lowest BCUT2D eigenvalue weighted by Crippen LogP contribution is -2.12. The summed E-state index contributed by atoms with van der Waals surface area (Å²) in [5, 5.41) is 2.54. The fourth-order valence-corrected chi connectivity index (χ4v) is 3.82. The van der Waals surface area contributed by atoms with Crippen molar-refractivity contribution >= 4 is 27.2 Å². The van der Waals surface area contributed by atoms with E-state index in [9.17, 15) is 0 Å². The molecule has 0 spiro atoms. The molecule has 0 amide bonds. The molecule has 0 saturated carbocycles. The summed E-state index contributed by atoms with van der Waals surface area (Å²) in [5.41, 5.74) is 1.42. The summed E-state index contributed by atoms with van der Waals surface area (Å²) < 4.78 is 5.73. The maximum Gasteiger partial charge on any atom is 0.0913 e. The second kappa shape index (κ2) is 9.02. The first-order chi connectivity index (χ1) is 9.74. The van der Waals surface area contributed by atoms with Crippen LogP contribution in [-0.2, 0) is 10.9 Å². The van der Waals surface area contributed by atoms with E-state index >= 15 is 0 Å². The van der Waals surface area contributed by atoms with Crippen LogP contribution >= 0.6 is 8.15 Å². The van der Waals surface area contributed by atoms with Gasteiger partial charge in [0.1, 0.15) is 0 Å². The zero-order chi connectivity index (χ0) is 14.4. The Labute approximate surface area is 132 Å². The van der Waals surface area contributed by atoms with Crippen LogP contribution in [0.2, 0.25) is 0 Å². The van der Waals surface area contributed by atoms with Gasteiger partial charge in [-0.1, -0.05) is 74.9 Å². The van der Waals surface area contributed by atoms with Gasteiger partial charge in [0.25, 0.3) is 0 Å². The first-order valence-corrected chi connectivity index (χ1v) is 8.48. The van der Waals surface area contributed by atoms with Crippen LogP contribution in [0.5, 0.6) is 0 Å². The van der Waals surface area contributed by atoms with E-state index < -0.39 is 8.15 Å². The summed E-state index contributed by atoms with van der Waals surface area (Å²) in [6.45, 7) is 4.55. The van der Waals surface area contributed by atoms with Gasteiger partial charge in [0.15, 0.2) is 0 Å². The molecule has 0 aliphatic carbocycles. The number of hydrogen-bond acceptors (Lipinski definition) is 1. The largest absolute Gasteiger partial charge is 0.353 e. The molecule has 0 saturated heterocycles. The minimum atomic E-state index is -0.685. The van der Waals surface area contributed by atoms with Gasteiger partial charge in [-0.15, -0.1) is 0 Å². The van der Waals surface area contributed by atoms with Gasteiger partial charge < -0.3 is 4.52 Å². The highest BCUT2D eigenvalue weighted by Gasteiger charge is 2.13. The highest BCUT2D eigenvalue weighted by atomic mass is 31.1. The molecule has 2 rings (SSSR count). The van der Waals surface area contributed by atoms with Crippen LogP contribution in [0, 0.1) is 5.92 Å². The van der Waals surface area contributed by atoms with Crippen molar-refractivity contribution in [3.05, 3.63) is 60.2 Å². The highest BCUT2D eigenvalue weighted by molar-refractivity contribution is 7.68. The van der Waals surface area contributed by atoms with Crippen molar-refractivity contribution in [2.75, 3.05) is 7.11 Å². The summed E-state index contributed by atoms with van der Waals surface area (Å²) in [5.74, 6) is 0.749. The van der Waals surface area contributed by atoms with E-state index in [4.69, 9.17) is 4.52 Å². The summed E-state index contributed by atoms with van der Waals surface area (Å²) in [4.78, 5) is 0. The molecule has 2 aromatic carbocycles. The standard InChI is InChI=1S/C18H23OP.B/c1-4-15(2)14-16-10-12-18(13-11-16)20(19-3)17-8-6-5-7-9-17;/h5-13,15H,4,14H2,1-3H3;/t15-,20?;/m1./s1. The van der Waals surface area contributed by atoms with Crippen molar-refractivity contribution in [2.45, 2.75) is 26.7 Å². The molecule has 2 atom stereocenters. The van der Waals surface area contributed by atoms with Crippen LogP contribution < -0.4 is 10.6 Å². The predicted molar refractivity (Wildman–Crippen MR) is 95.0 cm³/mol. The number of benzene rings is 2. The molecule has 3 radical (unpaired) electrons. The number of rotatable bonds is 6.